The van der Waals surface area contributed by atoms with E-state index in [9.17, 15) is 4.79 Å². The van der Waals surface area contributed by atoms with Crippen LogP contribution < -0.4 is 16.8 Å². The van der Waals surface area contributed by atoms with Crippen molar-refractivity contribution in [1.29, 1.82) is 0 Å². The van der Waals surface area contributed by atoms with E-state index in [0.29, 0.717) is 17.9 Å². The molecule has 0 radical (unpaired) electrons. The molecular weight excluding hydrogens is 216 g/mol. The van der Waals surface area contributed by atoms with Crippen LogP contribution in [0.3, 0.4) is 0 Å². The lowest BCUT2D eigenvalue weighted by atomic mass is 10.1. The molecule has 0 saturated heterocycles. The topological polar surface area (TPSA) is 94.0 Å². The number of aryl methyl sites for hydroxylation is 2. The van der Waals surface area contributed by atoms with Gasteiger partial charge in [-0.3, -0.25) is 4.79 Å². The molecule has 17 heavy (non-hydrogen) atoms. The van der Waals surface area contributed by atoms with Crippen LogP contribution in [0.5, 0.6) is 0 Å². The lowest BCUT2D eigenvalue weighted by molar-refractivity contribution is 0.1000. The highest BCUT2D eigenvalue weighted by Gasteiger charge is 2.15. The van der Waals surface area contributed by atoms with Gasteiger partial charge in [-0.2, -0.15) is 0 Å². The minimum atomic E-state index is -0.461. The first-order chi connectivity index (χ1) is 7.95. The van der Waals surface area contributed by atoms with Gasteiger partial charge in [-0.15, -0.1) is 0 Å². The Morgan fingerprint density at radius 2 is 2.18 bits per heavy atom. The molecule has 5 heteroatoms. The summed E-state index contributed by atoms with van der Waals surface area (Å²) in [4.78, 5) is 15.7. The minimum absolute atomic E-state index is 0.159. The number of nitrogens with zero attached hydrogens (tertiary/aromatic N) is 1. The van der Waals surface area contributed by atoms with Crippen molar-refractivity contribution in [3.05, 3.63) is 22.9 Å². The Bertz CT molecular complexity index is 417. The minimum Gasteiger partial charge on any atom is -0.367 e. The molecule has 1 heterocycles. The Labute approximate surface area is 102 Å². The predicted octanol–water partition coefficient (Wildman–Crippen LogP) is 0.947. The molecule has 5 nitrogen and oxygen atoms in total. The predicted molar refractivity (Wildman–Crippen MR) is 69.0 cm³/mol. The monoisotopic (exact) mass is 236 g/mol. The molecule has 5 N–H and O–H groups in total. The summed E-state index contributed by atoms with van der Waals surface area (Å²) in [5.41, 5.74) is 13.0. The van der Waals surface area contributed by atoms with E-state index in [2.05, 4.69) is 10.3 Å². The Morgan fingerprint density at radius 3 is 2.71 bits per heavy atom. The Hall–Kier alpha value is -1.62. The fourth-order valence-electron chi connectivity index (χ4n) is 1.81. The van der Waals surface area contributed by atoms with Crippen LogP contribution in [-0.4, -0.2) is 23.5 Å². The molecule has 0 aliphatic rings. The van der Waals surface area contributed by atoms with E-state index in [0.717, 1.165) is 17.7 Å². The van der Waals surface area contributed by atoms with Crippen molar-refractivity contribution in [2.24, 2.45) is 11.5 Å². The van der Waals surface area contributed by atoms with Crippen molar-refractivity contribution in [1.82, 2.24) is 4.98 Å². The van der Waals surface area contributed by atoms with E-state index < -0.39 is 5.91 Å². The van der Waals surface area contributed by atoms with Gasteiger partial charge < -0.3 is 16.8 Å². The highest BCUT2D eigenvalue weighted by Crippen LogP contribution is 2.19. The van der Waals surface area contributed by atoms with Crippen molar-refractivity contribution >= 4 is 11.7 Å². The van der Waals surface area contributed by atoms with Crippen molar-refractivity contribution in [3.63, 3.8) is 0 Å². The Kier molecular flexibility index (Phi) is 4.45. The summed E-state index contributed by atoms with van der Waals surface area (Å²) < 4.78 is 0. The number of carbonyl (C=O) groups excluding carboxylic acids is 1. The van der Waals surface area contributed by atoms with E-state index in [4.69, 9.17) is 11.5 Å². The van der Waals surface area contributed by atoms with Gasteiger partial charge in [0, 0.05) is 11.7 Å². The van der Waals surface area contributed by atoms with Crippen LogP contribution in [-0.2, 0) is 0 Å². The van der Waals surface area contributed by atoms with E-state index in [1.54, 1.807) is 0 Å². The Morgan fingerprint density at radius 1 is 1.53 bits per heavy atom. The van der Waals surface area contributed by atoms with Crippen LogP contribution in [0.4, 0.5) is 5.82 Å². The third-order valence-corrected chi connectivity index (χ3v) is 2.57. The number of nitrogens with one attached hydrogen (secondary N) is 1. The SMILES string of the molecule is Cc1cc(C)c(C(N)=O)c(NC(C)CCN)n1. The van der Waals surface area contributed by atoms with Gasteiger partial charge in [0.1, 0.15) is 5.82 Å². The number of hydrogen-bond acceptors (Lipinski definition) is 4. The first kappa shape index (κ1) is 13.4. The summed E-state index contributed by atoms with van der Waals surface area (Å²) in [5.74, 6) is 0.0911. The lowest BCUT2D eigenvalue weighted by Crippen LogP contribution is -2.24. The first-order valence-corrected chi connectivity index (χ1v) is 5.70. The van der Waals surface area contributed by atoms with Crippen molar-refractivity contribution in [3.8, 4) is 0 Å². The van der Waals surface area contributed by atoms with E-state index in [1.165, 1.54) is 0 Å². The standard InChI is InChI=1S/C12H20N4O/c1-7-6-9(3)16-12(10(7)11(14)17)15-8(2)4-5-13/h6,8H,4-5,13H2,1-3H3,(H2,14,17)(H,15,16). The summed E-state index contributed by atoms with van der Waals surface area (Å²) in [6.07, 6.45) is 0.812. The van der Waals surface area contributed by atoms with Crippen LogP contribution in [0.15, 0.2) is 6.07 Å². The zero-order valence-electron chi connectivity index (χ0n) is 10.6. The molecule has 1 aromatic heterocycles. The quantitative estimate of drug-likeness (QED) is 0.709. The number of nitrogens with two attached hydrogens (primary N) is 2. The third-order valence-electron chi connectivity index (χ3n) is 2.57. The van der Waals surface area contributed by atoms with Crippen LogP contribution in [0.25, 0.3) is 0 Å². The van der Waals surface area contributed by atoms with Gasteiger partial charge in [-0.25, -0.2) is 4.98 Å². The van der Waals surface area contributed by atoms with Crippen LogP contribution in [0.1, 0.15) is 35.0 Å². The van der Waals surface area contributed by atoms with Gasteiger partial charge in [0.15, 0.2) is 0 Å². The van der Waals surface area contributed by atoms with Gasteiger partial charge >= 0.3 is 0 Å². The number of primary amides is 1. The van der Waals surface area contributed by atoms with E-state index in [1.807, 2.05) is 26.8 Å². The first-order valence-electron chi connectivity index (χ1n) is 5.70. The largest absolute Gasteiger partial charge is 0.367 e. The molecule has 0 aliphatic heterocycles. The van der Waals surface area contributed by atoms with Crippen molar-refractivity contribution in [2.45, 2.75) is 33.2 Å². The number of pyridine rings is 1. The Balaban J connectivity index is 3.08. The fourth-order valence-corrected chi connectivity index (χ4v) is 1.81. The number of anilines is 1. The van der Waals surface area contributed by atoms with Crippen molar-refractivity contribution < 1.29 is 4.79 Å². The molecule has 1 aromatic rings. The highest BCUT2D eigenvalue weighted by molar-refractivity contribution is 5.99. The maximum atomic E-state index is 11.4. The second-order valence-electron chi connectivity index (χ2n) is 4.29. The summed E-state index contributed by atoms with van der Waals surface area (Å²) in [6.45, 7) is 6.33. The molecule has 0 saturated carbocycles. The zero-order chi connectivity index (χ0) is 13.0. The van der Waals surface area contributed by atoms with Crippen LogP contribution in [0, 0.1) is 13.8 Å². The lowest BCUT2D eigenvalue weighted by Gasteiger charge is -2.17. The summed E-state index contributed by atoms with van der Waals surface area (Å²) >= 11 is 0. The molecule has 1 amide bonds. The van der Waals surface area contributed by atoms with Gasteiger partial charge in [0.2, 0.25) is 0 Å². The average Bonchev–Trinajstić information content (AvgIpc) is 2.15. The zero-order valence-corrected chi connectivity index (χ0v) is 10.6. The summed E-state index contributed by atoms with van der Waals surface area (Å²) in [7, 11) is 0. The fraction of sp³-hybridized carbons (Fsp3) is 0.500. The molecule has 0 spiro atoms. The third kappa shape index (κ3) is 3.42. The maximum absolute atomic E-state index is 11.4. The highest BCUT2D eigenvalue weighted by atomic mass is 16.1. The molecular formula is C12H20N4O. The molecule has 0 bridgehead atoms. The smallest absolute Gasteiger partial charge is 0.252 e. The molecule has 1 atom stereocenters. The number of amides is 1. The van der Waals surface area contributed by atoms with Gasteiger partial charge in [0.05, 0.1) is 5.56 Å². The summed E-state index contributed by atoms with van der Waals surface area (Å²) in [6, 6.07) is 2.01. The molecule has 94 valence electrons. The van der Waals surface area contributed by atoms with E-state index in [-0.39, 0.29) is 6.04 Å². The molecule has 0 fully saturated rings. The normalized spacial score (nSPS) is 12.2. The molecule has 1 rings (SSSR count). The molecule has 0 aliphatic carbocycles. The number of carbonyl (C=O) groups is 1. The second kappa shape index (κ2) is 5.63. The number of hydrogen-bond donors (Lipinski definition) is 3. The number of aromatic nitrogens is 1. The molecule has 1 unspecified atom stereocenters. The van der Waals surface area contributed by atoms with E-state index >= 15 is 0 Å². The summed E-state index contributed by atoms with van der Waals surface area (Å²) in [5, 5.41) is 3.18. The van der Waals surface area contributed by atoms with Gasteiger partial charge in [0.25, 0.3) is 5.91 Å². The van der Waals surface area contributed by atoms with Gasteiger partial charge in [-0.1, -0.05) is 0 Å². The van der Waals surface area contributed by atoms with Gasteiger partial charge in [-0.05, 0) is 45.4 Å². The average molecular weight is 236 g/mol. The van der Waals surface area contributed by atoms with Crippen molar-refractivity contribution in [2.75, 3.05) is 11.9 Å². The second-order valence-corrected chi connectivity index (χ2v) is 4.29. The maximum Gasteiger partial charge on any atom is 0.252 e. The number of rotatable bonds is 5. The molecule has 0 aromatic carbocycles. The van der Waals surface area contributed by atoms with Crippen LogP contribution >= 0.6 is 0 Å². The van der Waals surface area contributed by atoms with Crippen LogP contribution in [0.2, 0.25) is 0 Å².